The zero-order valence-electron chi connectivity index (χ0n) is 12.1. The lowest BCUT2D eigenvalue weighted by molar-refractivity contribution is 0.203. The van der Waals surface area contributed by atoms with Gasteiger partial charge in [0.2, 0.25) is 0 Å². The molecule has 2 rings (SSSR count). The maximum Gasteiger partial charge on any atom is 0.314 e. The van der Waals surface area contributed by atoms with Gasteiger partial charge in [0.05, 0.1) is 13.7 Å². The molecule has 0 aromatic heterocycles. The van der Waals surface area contributed by atoms with Gasteiger partial charge in [-0.2, -0.15) is 0 Å². The second kappa shape index (κ2) is 7.00. The topological polar surface area (TPSA) is 70.6 Å². The van der Waals surface area contributed by atoms with Crippen molar-refractivity contribution in [3.05, 3.63) is 28.8 Å². The van der Waals surface area contributed by atoms with Gasteiger partial charge in [-0.05, 0) is 37.0 Å². The second-order valence-electron chi connectivity index (χ2n) is 5.47. The lowest BCUT2D eigenvalue weighted by Crippen LogP contribution is -2.40. The summed E-state index contributed by atoms with van der Waals surface area (Å²) in [4.78, 5) is 11.7. The Bertz CT molecular complexity index is 504. The third kappa shape index (κ3) is 4.51. The smallest absolute Gasteiger partial charge is 0.314 e. The van der Waals surface area contributed by atoms with E-state index < -0.39 is 0 Å². The Balaban J connectivity index is 1.70. The number of amides is 2. The maximum atomic E-state index is 11.7. The summed E-state index contributed by atoms with van der Waals surface area (Å²) in [6, 6.07) is 5.29. The fourth-order valence-electron chi connectivity index (χ4n) is 2.07. The quantitative estimate of drug-likeness (QED) is 0.721. The molecule has 0 atom stereocenters. The number of benzene rings is 1. The fourth-order valence-corrected chi connectivity index (χ4v) is 2.33. The lowest BCUT2D eigenvalue weighted by atomic mass is 10.1. The monoisotopic (exact) mass is 312 g/mol. The number of rotatable bonds is 7. The van der Waals surface area contributed by atoms with Gasteiger partial charge in [-0.25, -0.2) is 4.79 Å². The summed E-state index contributed by atoms with van der Waals surface area (Å²) in [6.45, 7) is 1.16. The van der Waals surface area contributed by atoms with Gasteiger partial charge in [0.25, 0.3) is 0 Å². The van der Waals surface area contributed by atoms with Crippen molar-refractivity contribution in [1.29, 1.82) is 0 Å². The summed E-state index contributed by atoms with van der Waals surface area (Å²) in [5.41, 5.74) is 0.892. The van der Waals surface area contributed by atoms with Gasteiger partial charge in [-0.1, -0.05) is 17.7 Å². The third-order valence-electron chi connectivity index (χ3n) is 3.86. The number of carbonyl (C=O) groups excluding carboxylic acids is 1. The Morgan fingerprint density at radius 3 is 2.76 bits per heavy atom. The molecule has 0 radical (unpaired) electrons. The van der Waals surface area contributed by atoms with E-state index >= 15 is 0 Å². The Morgan fingerprint density at radius 1 is 1.43 bits per heavy atom. The first-order valence-corrected chi connectivity index (χ1v) is 7.41. The molecule has 0 saturated heterocycles. The minimum Gasteiger partial charge on any atom is -0.497 e. The van der Waals surface area contributed by atoms with Crippen LogP contribution in [0.4, 0.5) is 4.79 Å². The van der Waals surface area contributed by atoms with Crippen molar-refractivity contribution in [1.82, 2.24) is 10.6 Å². The van der Waals surface area contributed by atoms with E-state index in [2.05, 4.69) is 10.6 Å². The Labute approximate surface area is 129 Å². The molecule has 5 nitrogen and oxygen atoms in total. The van der Waals surface area contributed by atoms with Gasteiger partial charge in [0.15, 0.2) is 0 Å². The van der Waals surface area contributed by atoms with Crippen LogP contribution in [-0.4, -0.2) is 37.9 Å². The predicted octanol–water partition coefficient (Wildman–Crippen LogP) is 1.96. The zero-order chi connectivity index (χ0) is 15.3. The molecule has 1 aliphatic rings. The van der Waals surface area contributed by atoms with E-state index in [0.29, 0.717) is 30.3 Å². The van der Waals surface area contributed by atoms with Crippen molar-refractivity contribution < 1.29 is 14.6 Å². The molecule has 1 aromatic rings. The molecule has 0 spiro atoms. The van der Waals surface area contributed by atoms with E-state index in [1.54, 1.807) is 13.2 Å². The molecule has 1 saturated carbocycles. The molecule has 21 heavy (non-hydrogen) atoms. The van der Waals surface area contributed by atoms with Crippen LogP contribution in [0, 0.1) is 5.41 Å². The number of carbonyl (C=O) groups is 1. The number of urea groups is 1. The zero-order valence-corrected chi connectivity index (χ0v) is 12.9. The van der Waals surface area contributed by atoms with Crippen LogP contribution in [0.25, 0.3) is 0 Å². The molecule has 1 aliphatic carbocycles. The number of nitrogens with one attached hydrogen (secondary N) is 2. The average molecular weight is 313 g/mol. The van der Waals surface area contributed by atoms with Crippen LogP contribution >= 0.6 is 11.6 Å². The van der Waals surface area contributed by atoms with Crippen LogP contribution in [0.1, 0.15) is 18.4 Å². The van der Waals surface area contributed by atoms with Crippen LogP contribution < -0.4 is 15.4 Å². The number of aliphatic hydroxyl groups excluding tert-OH is 1. The average Bonchev–Trinajstić information content (AvgIpc) is 3.27. The minimum absolute atomic E-state index is 0.0728. The normalized spacial score (nSPS) is 15.4. The molecular formula is C15H21ClN2O3. The van der Waals surface area contributed by atoms with Crippen LogP contribution in [-0.2, 0) is 6.42 Å². The lowest BCUT2D eigenvalue weighted by Gasteiger charge is -2.13. The first-order chi connectivity index (χ1) is 10.1. The summed E-state index contributed by atoms with van der Waals surface area (Å²) in [5, 5.41) is 15.4. The molecule has 0 unspecified atom stereocenters. The van der Waals surface area contributed by atoms with E-state index in [9.17, 15) is 9.90 Å². The van der Waals surface area contributed by atoms with E-state index in [1.807, 2.05) is 12.1 Å². The highest BCUT2D eigenvalue weighted by atomic mass is 35.5. The number of hydrogen-bond donors (Lipinski definition) is 3. The third-order valence-corrected chi connectivity index (χ3v) is 4.21. The molecule has 116 valence electrons. The highest BCUT2D eigenvalue weighted by molar-refractivity contribution is 6.31. The summed E-state index contributed by atoms with van der Waals surface area (Å²) in [6.07, 6.45) is 2.61. The van der Waals surface area contributed by atoms with E-state index in [4.69, 9.17) is 16.3 Å². The largest absolute Gasteiger partial charge is 0.497 e. The fraction of sp³-hybridized carbons (Fsp3) is 0.533. The van der Waals surface area contributed by atoms with Gasteiger partial charge in [0, 0.05) is 23.5 Å². The van der Waals surface area contributed by atoms with Gasteiger partial charge in [0.1, 0.15) is 5.75 Å². The van der Waals surface area contributed by atoms with Crippen molar-refractivity contribution in [2.75, 3.05) is 26.8 Å². The van der Waals surface area contributed by atoms with Crippen molar-refractivity contribution in [3.63, 3.8) is 0 Å². The SMILES string of the molecule is COc1ccc(CCNC(=O)NCC2(CO)CC2)c(Cl)c1. The Hall–Kier alpha value is -1.46. The Morgan fingerprint density at radius 2 is 2.19 bits per heavy atom. The van der Waals surface area contributed by atoms with Gasteiger partial charge in [-0.3, -0.25) is 0 Å². The van der Waals surface area contributed by atoms with E-state index in [0.717, 1.165) is 18.4 Å². The van der Waals surface area contributed by atoms with Crippen molar-refractivity contribution in [3.8, 4) is 5.75 Å². The van der Waals surface area contributed by atoms with Crippen molar-refractivity contribution in [2.45, 2.75) is 19.3 Å². The highest BCUT2D eigenvalue weighted by Gasteiger charge is 2.42. The summed E-state index contributed by atoms with van der Waals surface area (Å²) in [5.74, 6) is 0.716. The van der Waals surface area contributed by atoms with Crippen LogP contribution in [0.15, 0.2) is 18.2 Å². The molecule has 0 heterocycles. The molecular weight excluding hydrogens is 292 g/mol. The maximum absolute atomic E-state index is 11.7. The van der Waals surface area contributed by atoms with Crippen LogP contribution in [0.3, 0.4) is 0 Å². The number of aliphatic hydroxyl groups is 1. The van der Waals surface area contributed by atoms with Crippen LogP contribution in [0.2, 0.25) is 5.02 Å². The van der Waals surface area contributed by atoms with Gasteiger partial charge in [-0.15, -0.1) is 0 Å². The molecule has 0 bridgehead atoms. The highest BCUT2D eigenvalue weighted by Crippen LogP contribution is 2.44. The summed E-state index contributed by atoms with van der Waals surface area (Å²) in [7, 11) is 1.59. The van der Waals surface area contributed by atoms with Gasteiger partial charge >= 0.3 is 6.03 Å². The van der Waals surface area contributed by atoms with Crippen molar-refractivity contribution >= 4 is 17.6 Å². The number of halogens is 1. The van der Waals surface area contributed by atoms with E-state index in [1.165, 1.54) is 0 Å². The summed E-state index contributed by atoms with van der Waals surface area (Å²) >= 11 is 6.14. The Kier molecular flexibility index (Phi) is 5.31. The molecule has 6 heteroatoms. The van der Waals surface area contributed by atoms with Gasteiger partial charge < -0.3 is 20.5 Å². The first-order valence-electron chi connectivity index (χ1n) is 7.03. The minimum atomic E-state index is -0.209. The number of ether oxygens (including phenoxy) is 1. The number of hydrogen-bond acceptors (Lipinski definition) is 3. The first kappa shape index (κ1) is 15.9. The predicted molar refractivity (Wildman–Crippen MR) is 81.9 cm³/mol. The molecule has 3 N–H and O–H groups in total. The standard InChI is InChI=1S/C15H21ClN2O3/c1-21-12-3-2-11(13(16)8-12)4-7-17-14(20)18-9-15(10-19)5-6-15/h2-3,8,19H,4-7,9-10H2,1H3,(H2,17,18,20). The second-order valence-corrected chi connectivity index (χ2v) is 5.88. The van der Waals surface area contributed by atoms with Crippen molar-refractivity contribution in [2.24, 2.45) is 5.41 Å². The summed E-state index contributed by atoms with van der Waals surface area (Å²) < 4.78 is 5.09. The molecule has 1 fully saturated rings. The number of methoxy groups -OCH3 is 1. The molecule has 2 amide bonds. The van der Waals surface area contributed by atoms with E-state index in [-0.39, 0.29) is 18.1 Å². The van der Waals surface area contributed by atoms with Crippen LogP contribution in [0.5, 0.6) is 5.75 Å². The molecule has 0 aliphatic heterocycles. The molecule has 1 aromatic carbocycles.